The summed E-state index contributed by atoms with van der Waals surface area (Å²) in [7, 11) is 0. The van der Waals surface area contributed by atoms with Gasteiger partial charge >= 0.3 is 5.97 Å². The summed E-state index contributed by atoms with van der Waals surface area (Å²) >= 11 is 1.67. The highest BCUT2D eigenvalue weighted by Gasteiger charge is 2.32. The summed E-state index contributed by atoms with van der Waals surface area (Å²) in [6.07, 6.45) is 0.0115. The first-order chi connectivity index (χ1) is 12.6. The third-order valence-corrected chi connectivity index (χ3v) is 5.23. The lowest BCUT2D eigenvalue weighted by Gasteiger charge is -2.38. The van der Waals surface area contributed by atoms with E-state index in [1.54, 1.807) is 35.6 Å². The molecule has 6 heteroatoms. The van der Waals surface area contributed by atoms with E-state index in [1.807, 2.05) is 32.0 Å². The van der Waals surface area contributed by atoms with Crippen molar-refractivity contribution in [3.63, 3.8) is 0 Å². The number of benzene rings is 2. The zero-order valence-corrected chi connectivity index (χ0v) is 15.5. The lowest BCUT2D eigenvalue weighted by Crippen LogP contribution is -2.53. The van der Waals surface area contributed by atoms with Crippen LogP contribution in [0.5, 0.6) is 5.75 Å². The monoisotopic (exact) mass is 368 g/mol. The Morgan fingerprint density at radius 2 is 1.88 bits per heavy atom. The molecule has 2 aromatic carbocycles. The summed E-state index contributed by atoms with van der Waals surface area (Å²) in [5.74, 6) is 0.456. The molecule has 3 aromatic rings. The Balaban J connectivity index is 1.32. The quantitative estimate of drug-likeness (QED) is 0.634. The Morgan fingerprint density at radius 3 is 2.58 bits per heavy atom. The van der Waals surface area contributed by atoms with E-state index < -0.39 is 0 Å². The fourth-order valence-electron chi connectivity index (χ4n) is 2.83. The van der Waals surface area contributed by atoms with E-state index in [0.717, 1.165) is 16.4 Å². The van der Waals surface area contributed by atoms with Crippen LogP contribution in [-0.2, 0) is 4.74 Å². The molecule has 0 atom stereocenters. The molecular formula is C20H20N2O3S. The van der Waals surface area contributed by atoms with Crippen molar-refractivity contribution >= 4 is 32.7 Å². The highest BCUT2D eigenvalue weighted by molar-refractivity contribution is 7.22. The van der Waals surface area contributed by atoms with Gasteiger partial charge in [-0.05, 0) is 50.2 Å². The third-order valence-electron chi connectivity index (χ3n) is 4.14. The van der Waals surface area contributed by atoms with Crippen molar-refractivity contribution in [1.82, 2.24) is 4.98 Å². The van der Waals surface area contributed by atoms with Gasteiger partial charge in [-0.25, -0.2) is 9.78 Å². The van der Waals surface area contributed by atoms with E-state index in [2.05, 4.69) is 16.0 Å². The fraction of sp³-hybridized carbons (Fsp3) is 0.300. The molecule has 4 rings (SSSR count). The Hall–Kier alpha value is -2.60. The van der Waals surface area contributed by atoms with Gasteiger partial charge in [-0.3, -0.25) is 0 Å². The third kappa shape index (κ3) is 3.51. The first kappa shape index (κ1) is 16.8. The lowest BCUT2D eigenvalue weighted by atomic mass is 10.1. The number of hydrogen-bond acceptors (Lipinski definition) is 6. The predicted molar refractivity (Wildman–Crippen MR) is 103 cm³/mol. The van der Waals surface area contributed by atoms with Crippen LogP contribution in [-0.4, -0.2) is 36.3 Å². The van der Waals surface area contributed by atoms with Crippen LogP contribution < -0.4 is 9.64 Å². The van der Waals surface area contributed by atoms with Crippen LogP contribution in [0.25, 0.3) is 10.2 Å². The average Bonchev–Trinajstić information content (AvgIpc) is 3.01. The maximum atomic E-state index is 12.3. The zero-order chi connectivity index (χ0) is 18.1. The maximum Gasteiger partial charge on any atom is 0.338 e. The molecule has 0 spiro atoms. The van der Waals surface area contributed by atoms with Gasteiger partial charge in [0.15, 0.2) is 5.13 Å². The molecule has 0 aliphatic carbocycles. The predicted octanol–water partition coefficient (Wildman–Crippen LogP) is 4.13. The van der Waals surface area contributed by atoms with Gasteiger partial charge in [-0.2, -0.15) is 0 Å². The van der Waals surface area contributed by atoms with Gasteiger partial charge in [-0.15, -0.1) is 0 Å². The number of hydrogen-bond donors (Lipinski definition) is 0. The van der Waals surface area contributed by atoms with Crippen LogP contribution in [0.2, 0.25) is 0 Å². The highest BCUT2D eigenvalue weighted by Crippen LogP contribution is 2.32. The largest absolute Gasteiger partial charge is 0.491 e. The highest BCUT2D eigenvalue weighted by atomic mass is 32.1. The van der Waals surface area contributed by atoms with Crippen LogP contribution >= 0.6 is 11.3 Å². The molecule has 0 radical (unpaired) electrons. The molecule has 1 saturated heterocycles. The zero-order valence-electron chi connectivity index (χ0n) is 14.7. The van der Waals surface area contributed by atoms with Crippen LogP contribution in [0.4, 0.5) is 5.13 Å². The van der Waals surface area contributed by atoms with Crippen molar-refractivity contribution in [2.24, 2.45) is 0 Å². The summed E-state index contributed by atoms with van der Waals surface area (Å²) in [6, 6.07) is 15.2. The Kier molecular flexibility index (Phi) is 4.51. The molecule has 0 amide bonds. The number of nitrogens with zero attached hydrogens (tertiary/aromatic N) is 2. The standard InChI is InChI=1S/C20H20N2O3S/c1-13(2)24-15-9-7-14(8-10-15)19(23)25-16-11-22(12-16)20-21-17-5-3-4-6-18(17)26-20/h3-10,13,16H,11-12H2,1-2H3. The van der Waals surface area contributed by atoms with Crippen molar-refractivity contribution < 1.29 is 14.3 Å². The number of thiazole rings is 1. The Bertz CT molecular complexity index is 881. The number of esters is 1. The van der Waals surface area contributed by atoms with E-state index in [0.29, 0.717) is 18.7 Å². The summed E-state index contributed by atoms with van der Waals surface area (Å²) < 4.78 is 12.3. The Labute approximate surface area is 156 Å². The van der Waals surface area contributed by atoms with E-state index >= 15 is 0 Å². The fourth-order valence-corrected chi connectivity index (χ4v) is 3.81. The van der Waals surface area contributed by atoms with Crippen LogP contribution in [0, 0.1) is 0 Å². The van der Waals surface area contributed by atoms with Crippen LogP contribution in [0.15, 0.2) is 48.5 Å². The smallest absolute Gasteiger partial charge is 0.338 e. The van der Waals surface area contributed by atoms with Gasteiger partial charge in [-0.1, -0.05) is 23.5 Å². The first-order valence-electron chi connectivity index (χ1n) is 8.67. The molecule has 0 saturated carbocycles. The van der Waals surface area contributed by atoms with Gasteiger partial charge < -0.3 is 14.4 Å². The van der Waals surface area contributed by atoms with Crippen molar-refractivity contribution in [2.75, 3.05) is 18.0 Å². The van der Waals surface area contributed by atoms with Crippen molar-refractivity contribution in [2.45, 2.75) is 26.1 Å². The summed E-state index contributed by atoms with van der Waals surface area (Å²) in [6.45, 7) is 5.30. The number of anilines is 1. The van der Waals surface area contributed by atoms with Gasteiger partial charge in [0, 0.05) is 0 Å². The molecule has 2 heterocycles. The number of carbonyl (C=O) groups is 1. The van der Waals surface area contributed by atoms with Crippen molar-refractivity contribution in [3.8, 4) is 5.75 Å². The number of carbonyl (C=O) groups excluding carboxylic acids is 1. The molecule has 5 nitrogen and oxygen atoms in total. The topological polar surface area (TPSA) is 51.7 Å². The summed E-state index contributed by atoms with van der Waals surface area (Å²) in [5.41, 5.74) is 1.55. The van der Waals surface area contributed by atoms with E-state index in [9.17, 15) is 4.79 Å². The molecule has 1 fully saturated rings. The number of fused-ring (bicyclic) bond motifs is 1. The van der Waals surface area contributed by atoms with Crippen molar-refractivity contribution in [3.05, 3.63) is 54.1 Å². The second-order valence-corrected chi connectivity index (χ2v) is 7.60. The molecule has 134 valence electrons. The molecule has 0 unspecified atom stereocenters. The van der Waals surface area contributed by atoms with E-state index in [-0.39, 0.29) is 18.2 Å². The maximum absolute atomic E-state index is 12.3. The second kappa shape index (κ2) is 6.96. The van der Waals surface area contributed by atoms with Gasteiger partial charge in [0.2, 0.25) is 0 Å². The number of para-hydroxylation sites is 1. The van der Waals surface area contributed by atoms with Crippen molar-refractivity contribution in [1.29, 1.82) is 0 Å². The van der Waals surface area contributed by atoms with Gasteiger partial charge in [0.05, 0.1) is 35.0 Å². The lowest BCUT2D eigenvalue weighted by molar-refractivity contribution is 0.0234. The number of aromatic nitrogens is 1. The SMILES string of the molecule is CC(C)Oc1ccc(C(=O)OC2CN(c3nc4ccccc4s3)C2)cc1. The number of rotatable bonds is 5. The van der Waals surface area contributed by atoms with E-state index in [1.165, 1.54) is 4.70 Å². The van der Waals surface area contributed by atoms with Crippen LogP contribution in [0.3, 0.4) is 0 Å². The Morgan fingerprint density at radius 1 is 1.15 bits per heavy atom. The minimum absolute atomic E-state index is 0.0962. The second-order valence-electron chi connectivity index (χ2n) is 6.59. The minimum Gasteiger partial charge on any atom is -0.491 e. The molecule has 26 heavy (non-hydrogen) atoms. The first-order valence-corrected chi connectivity index (χ1v) is 9.48. The molecule has 1 aromatic heterocycles. The van der Waals surface area contributed by atoms with E-state index in [4.69, 9.17) is 9.47 Å². The summed E-state index contributed by atoms with van der Waals surface area (Å²) in [4.78, 5) is 19.0. The average molecular weight is 368 g/mol. The van der Waals surface area contributed by atoms with Gasteiger partial charge in [0.25, 0.3) is 0 Å². The molecular weight excluding hydrogens is 348 g/mol. The summed E-state index contributed by atoms with van der Waals surface area (Å²) in [5, 5.41) is 0.980. The van der Waals surface area contributed by atoms with Crippen LogP contribution in [0.1, 0.15) is 24.2 Å². The number of ether oxygens (including phenoxy) is 2. The molecule has 1 aliphatic heterocycles. The normalized spacial score (nSPS) is 14.5. The van der Waals surface area contributed by atoms with Gasteiger partial charge in [0.1, 0.15) is 11.9 Å². The molecule has 0 bridgehead atoms. The minimum atomic E-state index is -0.296. The molecule has 0 N–H and O–H groups in total. The molecule has 1 aliphatic rings.